The summed E-state index contributed by atoms with van der Waals surface area (Å²) >= 11 is 0. The molecule has 0 radical (unpaired) electrons. The fourth-order valence-electron chi connectivity index (χ4n) is 2.75. The van der Waals surface area contributed by atoms with Gasteiger partial charge in [0.25, 0.3) is 0 Å². The van der Waals surface area contributed by atoms with Crippen LogP contribution in [0.3, 0.4) is 0 Å². The van der Waals surface area contributed by atoms with E-state index in [4.69, 9.17) is 29.9 Å². The molecular formula is C26H28O12. The van der Waals surface area contributed by atoms with Gasteiger partial charge in [-0.25, -0.2) is 19.2 Å². The molecule has 0 fully saturated rings. The third-order valence-corrected chi connectivity index (χ3v) is 4.77. The fourth-order valence-corrected chi connectivity index (χ4v) is 2.75. The number of fused-ring (bicyclic) bond motifs is 9. The van der Waals surface area contributed by atoms with Gasteiger partial charge in [0, 0.05) is 12.8 Å². The van der Waals surface area contributed by atoms with Crippen molar-refractivity contribution in [1.82, 2.24) is 0 Å². The van der Waals surface area contributed by atoms with Gasteiger partial charge in [0.15, 0.2) is 0 Å². The third kappa shape index (κ3) is 12.8. The van der Waals surface area contributed by atoms with Gasteiger partial charge in [-0.15, -0.1) is 0 Å². The van der Waals surface area contributed by atoms with E-state index in [0.29, 0.717) is 50.0 Å². The summed E-state index contributed by atoms with van der Waals surface area (Å²) in [6.07, 6.45) is 2.42. The Labute approximate surface area is 217 Å². The number of benzene rings is 2. The first-order valence-corrected chi connectivity index (χ1v) is 11.5. The molecule has 0 saturated carbocycles. The maximum atomic E-state index is 11.5. The molecule has 0 saturated heterocycles. The first-order valence-electron chi connectivity index (χ1n) is 11.5. The molecule has 0 amide bonds. The predicted octanol–water partition coefficient (Wildman–Crippen LogP) is 3.59. The summed E-state index contributed by atoms with van der Waals surface area (Å²) in [6, 6.07) is 11.3. The predicted molar refractivity (Wildman–Crippen MR) is 130 cm³/mol. The monoisotopic (exact) mass is 532 g/mol. The molecule has 38 heavy (non-hydrogen) atoms. The third-order valence-electron chi connectivity index (χ3n) is 4.77. The molecule has 2 aromatic carbocycles. The minimum Gasteiger partial charge on any atom is -0.481 e. The van der Waals surface area contributed by atoms with Crippen LogP contribution in [0.2, 0.25) is 0 Å². The standard InChI is InChI=1S/C12H12O4.C8H6O4.C6H10O4/c13-11-9-3-5-10(6-4-9)12(14)16-8-2-1-7-15-11;9-7(10)5-1-2-6(4-3-5)8(11)12;7-5(8)3-1-2-4-6(9)10/h3-6H,1-2,7-8H2;1-4H,(H,9,10)(H,11,12);1-4H2,(H,7,8)(H,9,10). The molecule has 0 aliphatic carbocycles. The van der Waals surface area contributed by atoms with E-state index < -0.39 is 23.9 Å². The van der Waals surface area contributed by atoms with Crippen molar-refractivity contribution in [1.29, 1.82) is 0 Å². The van der Waals surface area contributed by atoms with E-state index in [1.807, 2.05) is 0 Å². The summed E-state index contributed by atoms with van der Waals surface area (Å²) in [5.41, 5.74) is 1.08. The summed E-state index contributed by atoms with van der Waals surface area (Å²) in [6.45, 7) is 0.719. The molecule has 12 nitrogen and oxygen atoms in total. The average molecular weight is 532 g/mol. The van der Waals surface area contributed by atoms with Crippen molar-refractivity contribution in [2.45, 2.75) is 38.5 Å². The van der Waals surface area contributed by atoms with Gasteiger partial charge in [-0.05, 0) is 74.2 Å². The second kappa shape index (κ2) is 16.8. The fraction of sp³-hybridized carbons (Fsp3) is 0.308. The molecule has 2 heterocycles. The highest BCUT2D eigenvalue weighted by Gasteiger charge is 2.12. The van der Waals surface area contributed by atoms with E-state index in [1.54, 1.807) is 24.3 Å². The van der Waals surface area contributed by atoms with Crippen LogP contribution in [0.25, 0.3) is 0 Å². The number of hydrogen-bond acceptors (Lipinski definition) is 8. The number of carboxylic acids is 4. The number of esters is 2. The van der Waals surface area contributed by atoms with E-state index in [2.05, 4.69) is 0 Å². The number of aromatic carboxylic acids is 2. The number of hydrogen-bond donors (Lipinski definition) is 4. The van der Waals surface area contributed by atoms with Crippen molar-refractivity contribution >= 4 is 35.8 Å². The Balaban J connectivity index is 0.000000296. The Morgan fingerprint density at radius 1 is 0.579 bits per heavy atom. The van der Waals surface area contributed by atoms with Crippen LogP contribution in [-0.4, -0.2) is 69.5 Å². The second-order valence-electron chi connectivity index (χ2n) is 7.74. The Bertz CT molecular complexity index is 1020. The number of aliphatic carboxylic acids is 2. The molecule has 2 aliphatic rings. The smallest absolute Gasteiger partial charge is 0.338 e. The maximum absolute atomic E-state index is 11.5. The molecule has 2 bridgehead atoms. The largest absolute Gasteiger partial charge is 0.481 e. The molecule has 0 atom stereocenters. The van der Waals surface area contributed by atoms with Crippen molar-refractivity contribution in [2.75, 3.05) is 13.2 Å². The first kappa shape index (κ1) is 31.3. The highest BCUT2D eigenvalue weighted by molar-refractivity contribution is 5.93. The van der Waals surface area contributed by atoms with E-state index in [9.17, 15) is 28.8 Å². The van der Waals surface area contributed by atoms with Gasteiger partial charge in [-0.2, -0.15) is 0 Å². The van der Waals surface area contributed by atoms with E-state index in [1.165, 1.54) is 24.3 Å². The van der Waals surface area contributed by atoms with Crippen LogP contribution in [0.4, 0.5) is 0 Å². The molecule has 0 spiro atoms. The minimum absolute atomic E-state index is 0.0628. The molecule has 12 heteroatoms. The summed E-state index contributed by atoms with van der Waals surface area (Å²) in [4.78, 5) is 63.4. The molecule has 4 N–H and O–H groups in total. The molecule has 4 rings (SSSR count). The van der Waals surface area contributed by atoms with Gasteiger partial charge in [0.2, 0.25) is 0 Å². The van der Waals surface area contributed by atoms with Crippen LogP contribution in [0.1, 0.15) is 80.0 Å². The average Bonchev–Trinajstić information content (AvgIpc) is 2.88. The summed E-state index contributed by atoms with van der Waals surface area (Å²) < 4.78 is 10.1. The van der Waals surface area contributed by atoms with Crippen molar-refractivity contribution in [3.8, 4) is 0 Å². The quantitative estimate of drug-likeness (QED) is 0.298. The van der Waals surface area contributed by atoms with Crippen LogP contribution in [0.5, 0.6) is 0 Å². The maximum Gasteiger partial charge on any atom is 0.338 e. The lowest BCUT2D eigenvalue weighted by Crippen LogP contribution is -2.12. The summed E-state index contributed by atoms with van der Waals surface area (Å²) in [5, 5.41) is 33.2. The van der Waals surface area contributed by atoms with Crippen LogP contribution in [-0.2, 0) is 19.1 Å². The number of carbonyl (C=O) groups excluding carboxylic acids is 2. The molecular weight excluding hydrogens is 504 g/mol. The Kier molecular flexibility index (Phi) is 13.9. The highest BCUT2D eigenvalue weighted by Crippen LogP contribution is 2.10. The number of rotatable bonds is 7. The number of carboxylic acid groups (broad SMARTS) is 4. The van der Waals surface area contributed by atoms with Gasteiger partial charge in [-0.3, -0.25) is 9.59 Å². The number of ether oxygens (including phenoxy) is 2. The molecule has 0 unspecified atom stereocenters. The first-order chi connectivity index (χ1) is 18.0. The van der Waals surface area contributed by atoms with Gasteiger partial charge in [0.1, 0.15) is 0 Å². The van der Waals surface area contributed by atoms with E-state index in [0.717, 1.165) is 0 Å². The van der Waals surface area contributed by atoms with Crippen molar-refractivity contribution in [2.24, 2.45) is 0 Å². The normalized spacial score (nSPS) is 12.5. The van der Waals surface area contributed by atoms with Gasteiger partial charge in [0.05, 0.1) is 35.5 Å². The zero-order valence-corrected chi connectivity index (χ0v) is 20.3. The zero-order chi connectivity index (χ0) is 28.5. The van der Waals surface area contributed by atoms with Crippen LogP contribution < -0.4 is 0 Å². The molecule has 2 aliphatic heterocycles. The van der Waals surface area contributed by atoms with Gasteiger partial charge >= 0.3 is 35.8 Å². The van der Waals surface area contributed by atoms with Crippen LogP contribution >= 0.6 is 0 Å². The minimum atomic E-state index is -1.06. The Morgan fingerprint density at radius 3 is 1.16 bits per heavy atom. The zero-order valence-electron chi connectivity index (χ0n) is 20.3. The van der Waals surface area contributed by atoms with Crippen molar-refractivity contribution in [3.05, 3.63) is 70.8 Å². The van der Waals surface area contributed by atoms with Crippen molar-refractivity contribution in [3.63, 3.8) is 0 Å². The number of unbranched alkanes of at least 4 members (excludes halogenated alkanes) is 1. The topological polar surface area (TPSA) is 202 Å². The highest BCUT2D eigenvalue weighted by atomic mass is 16.5. The van der Waals surface area contributed by atoms with Gasteiger partial charge in [-0.1, -0.05) is 0 Å². The van der Waals surface area contributed by atoms with E-state index in [-0.39, 0.29) is 35.9 Å². The molecule has 204 valence electrons. The van der Waals surface area contributed by atoms with Crippen LogP contribution in [0.15, 0.2) is 48.5 Å². The summed E-state index contributed by atoms with van der Waals surface area (Å²) in [7, 11) is 0. The second-order valence-corrected chi connectivity index (χ2v) is 7.74. The lowest BCUT2D eigenvalue weighted by atomic mass is 10.1. The lowest BCUT2D eigenvalue weighted by molar-refractivity contribution is -0.139. The lowest BCUT2D eigenvalue weighted by Gasteiger charge is -2.09. The van der Waals surface area contributed by atoms with Crippen molar-refractivity contribution < 1.29 is 58.7 Å². The summed E-state index contributed by atoms with van der Waals surface area (Å²) in [5.74, 6) is -4.56. The molecule has 2 aromatic rings. The SMILES string of the molecule is O=C(O)CCCCC(=O)O.O=C(O)c1ccc(C(=O)O)cc1.O=C1OCCCCOC(=O)c2ccc1cc2. The molecule has 0 aromatic heterocycles. The Morgan fingerprint density at radius 2 is 0.895 bits per heavy atom. The Hall–Kier alpha value is -4.74. The van der Waals surface area contributed by atoms with Gasteiger partial charge < -0.3 is 29.9 Å². The van der Waals surface area contributed by atoms with E-state index >= 15 is 0 Å². The number of carbonyl (C=O) groups is 6. The van der Waals surface area contributed by atoms with Crippen LogP contribution in [0, 0.1) is 0 Å².